The van der Waals surface area contributed by atoms with E-state index in [1.54, 1.807) is 0 Å². The standard InChI is InChI=1S/C20H26N7O11P.Na/c1-9-10-3-20(5-29,35-8-27(10)19(32)25-16(9)30)6-36-39(33,34)38-11-2-13(37-12(11)4-28)26-7-22-14-15(26)23-18(21)24-17(14)31;/h7,11-13,28-29H,2-6,8H2,1H3,(H,33,34)(H,25,30,32)(H3,21,23,24,31);/q;+1/p-1/t11-,12+,13+,20-;/m0./s1. The first-order valence-corrected chi connectivity index (χ1v) is 13.1. The maximum atomic E-state index is 12.9. The molecular weight excluding hydrogens is 568 g/mol. The van der Waals surface area contributed by atoms with Crippen LogP contribution in [-0.2, 0) is 36.2 Å². The fraction of sp³-hybridized carbons (Fsp3) is 0.550. The van der Waals surface area contributed by atoms with Crippen molar-refractivity contribution in [3.63, 3.8) is 0 Å². The predicted molar refractivity (Wildman–Crippen MR) is 126 cm³/mol. The summed E-state index contributed by atoms with van der Waals surface area (Å²) in [4.78, 5) is 48.3. The van der Waals surface area contributed by atoms with Crippen molar-refractivity contribution in [1.29, 1.82) is 0 Å². The quantitative estimate of drug-likeness (QED) is 0.120. The molecule has 18 nitrogen and oxygen atoms in total. The van der Waals surface area contributed by atoms with Gasteiger partial charge in [0.15, 0.2) is 11.2 Å². The van der Waals surface area contributed by atoms with Crippen LogP contribution in [0.4, 0.5) is 5.95 Å². The van der Waals surface area contributed by atoms with Crippen molar-refractivity contribution in [1.82, 2.24) is 29.1 Å². The van der Waals surface area contributed by atoms with Crippen molar-refractivity contribution in [2.45, 2.75) is 50.5 Å². The summed E-state index contributed by atoms with van der Waals surface area (Å²) in [7, 11) is -4.84. The van der Waals surface area contributed by atoms with Gasteiger partial charge in [-0.1, -0.05) is 0 Å². The summed E-state index contributed by atoms with van der Waals surface area (Å²) in [6.45, 7) is -0.796. The topological polar surface area (TPSA) is 262 Å². The second-order valence-electron chi connectivity index (χ2n) is 9.20. The molecule has 5 atom stereocenters. The number of rotatable bonds is 8. The number of nitrogens with zero attached hydrogens (tertiary/aromatic N) is 5. The van der Waals surface area contributed by atoms with E-state index in [2.05, 4.69) is 19.9 Å². The monoisotopic (exact) mass is 593 g/mol. The molecule has 0 saturated carbocycles. The molecule has 1 fully saturated rings. The van der Waals surface area contributed by atoms with Crippen LogP contribution >= 0.6 is 7.82 Å². The zero-order valence-electron chi connectivity index (χ0n) is 21.4. The smallest absolute Gasteiger partial charge is 0.858 e. The zero-order chi connectivity index (χ0) is 28.1. The third-order valence-corrected chi connectivity index (χ3v) is 7.66. The number of phosphoric acid groups is 1. The van der Waals surface area contributed by atoms with E-state index in [-0.39, 0.29) is 77.5 Å². The van der Waals surface area contributed by atoms with Crippen LogP contribution in [0.25, 0.3) is 11.2 Å². The van der Waals surface area contributed by atoms with Gasteiger partial charge in [-0.05, 0) is 18.4 Å². The number of H-pyrrole nitrogens is 1. The summed E-state index contributed by atoms with van der Waals surface area (Å²) in [6, 6.07) is 0. The molecule has 0 amide bonds. The molecule has 3 aromatic heterocycles. The largest absolute Gasteiger partial charge is 1.00 e. The molecule has 0 aromatic carbocycles. The zero-order valence-corrected chi connectivity index (χ0v) is 24.3. The second-order valence-corrected chi connectivity index (χ2v) is 10.6. The van der Waals surface area contributed by atoms with Crippen molar-refractivity contribution >= 4 is 24.9 Å². The van der Waals surface area contributed by atoms with E-state index in [0.29, 0.717) is 0 Å². The van der Waals surface area contributed by atoms with Crippen LogP contribution < -0.4 is 51.6 Å². The summed E-state index contributed by atoms with van der Waals surface area (Å²) in [5.74, 6) is -0.878. The Kier molecular flexibility index (Phi) is 8.89. The van der Waals surface area contributed by atoms with Gasteiger partial charge in [0.05, 0.1) is 26.1 Å². The molecular formula is C20H25N7NaO11P. The molecule has 5 heterocycles. The van der Waals surface area contributed by atoms with E-state index < -0.39 is 68.8 Å². The predicted octanol–water partition coefficient (Wildman–Crippen LogP) is -5.61. The van der Waals surface area contributed by atoms with Crippen molar-refractivity contribution in [2.24, 2.45) is 0 Å². The van der Waals surface area contributed by atoms with Gasteiger partial charge in [0, 0.05) is 18.5 Å². The van der Waals surface area contributed by atoms with Gasteiger partial charge in [-0.15, -0.1) is 0 Å². The van der Waals surface area contributed by atoms with Gasteiger partial charge in [-0.25, -0.2) is 19.3 Å². The van der Waals surface area contributed by atoms with Crippen LogP contribution in [0.3, 0.4) is 0 Å². The Morgan fingerprint density at radius 3 is 2.80 bits per heavy atom. The molecule has 6 N–H and O–H groups in total. The number of hydrogen-bond acceptors (Lipinski definition) is 14. The Morgan fingerprint density at radius 1 is 1.35 bits per heavy atom. The minimum Gasteiger partial charge on any atom is -0.858 e. The summed E-state index contributed by atoms with van der Waals surface area (Å²) >= 11 is 0. The molecule has 0 spiro atoms. The molecule has 212 valence electrons. The molecule has 40 heavy (non-hydrogen) atoms. The van der Waals surface area contributed by atoms with Crippen LogP contribution in [0.15, 0.2) is 15.9 Å². The second kappa shape index (κ2) is 11.6. The fourth-order valence-electron chi connectivity index (χ4n) is 4.53. The molecule has 1 unspecified atom stereocenters. The maximum absolute atomic E-state index is 12.9. The summed E-state index contributed by atoms with van der Waals surface area (Å²) in [6.07, 6.45) is -2.04. The normalized spacial score (nSPS) is 25.9. The number of nitrogens with one attached hydrogen (secondary N) is 1. The molecule has 20 heteroatoms. The number of aliphatic hydroxyl groups excluding tert-OH is 2. The van der Waals surface area contributed by atoms with Crippen molar-refractivity contribution in [3.05, 3.63) is 38.4 Å². The van der Waals surface area contributed by atoms with Gasteiger partial charge < -0.3 is 35.4 Å². The third kappa shape index (κ3) is 5.75. The number of anilines is 1. The van der Waals surface area contributed by atoms with E-state index in [4.69, 9.17) is 24.3 Å². The summed E-state index contributed by atoms with van der Waals surface area (Å²) in [5, 5.41) is 31.8. The Bertz CT molecular complexity index is 1580. The number of ether oxygens (including phenoxy) is 2. The molecule has 3 aromatic rings. The molecule has 0 bridgehead atoms. The van der Waals surface area contributed by atoms with Gasteiger partial charge in [0.2, 0.25) is 5.95 Å². The number of phosphoric ester groups is 1. The fourth-order valence-corrected chi connectivity index (χ4v) is 5.56. The molecule has 5 rings (SSSR count). The number of aliphatic hydroxyl groups is 2. The average Bonchev–Trinajstić information content (AvgIpc) is 3.49. The average molecular weight is 593 g/mol. The van der Waals surface area contributed by atoms with Gasteiger partial charge in [-0.2, -0.15) is 4.98 Å². The molecule has 1 saturated heterocycles. The molecule has 2 aliphatic rings. The van der Waals surface area contributed by atoms with E-state index in [9.17, 15) is 34.4 Å². The molecule has 0 radical (unpaired) electrons. The van der Waals surface area contributed by atoms with Crippen molar-refractivity contribution in [2.75, 3.05) is 25.6 Å². The number of aromatic nitrogens is 6. The van der Waals surface area contributed by atoms with E-state index in [1.807, 2.05) is 0 Å². The van der Waals surface area contributed by atoms with Gasteiger partial charge in [0.25, 0.3) is 5.56 Å². The number of aromatic amines is 1. The van der Waals surface area contributed by atoms with E-state index in [0.717, 1.165) is 4.57 Å². The van der Waals surface area contributed by atoms with Crippen LogP contribution in [0.5, 0.6) is 5.88 Å². The number of hydrogen-bond donors (Lipinski definition) is 5. The minimum absolute atomic E-state index is 0. The Labute approximate surface area is 246 Å². The van der Waals surface area contributed by atoms with Crippen molar-refractivity contribution in [3.8, 4) is 5.88 Å². The van der Waals surface area contributed by atoms with Gasteiger partial charge >= 0.3 is 43.1 Å². The molecule has 0 aliphatic carbocycles. The number of nitrogens with two attached hydrogens (primary N) is 1. The summed E-state index contributed by atoms with van der Waals surface area (Å²) < 4.78 is 37.2. The summed E-state index contributed by atoms with van der Waals surface area (Å²) in [5.41, 5.74) is 3.20. The third-order valence-electron chi connectivity index (χ3n) is 6.67. The Hall–Kier alpha value is -2.22. The number of imidazole rings is 1. The first kappa shape index (κ1) is 30.7. The van der Waals surface area contributed by atoms with E-state index >= 15 is 0 Å². The first-order chi connectivity index (χ1) is 18.5. The van der Waals surface area contributed by atoms with Crippen LogP contribution in [0.1, 0.15) is 23.9 Å². The van der Waals surface area contributed by atoms with Crippen LogP contribution in [0.2, 0.25) is 0 Å². The van der Waals surface area contributed by atoms with Crippen LogP contribution in [0, 0.1) is 6.92 Å². The van der Waals surface area contributed by atoms with Crippen molar-refractivity contribution < 1.29 is 72.9 Å². The Morgan fingerprint density at radius 2 is 2.10 bits per heavy atom. The minimum atomic E-state index is -4.84. The SMILES string of the molecule is Cc1c([O-])nc(=O)n2c1C[C@](CO)(COP(=O)(O)O[C@H]1C[C@H](n3cnc4c(=O)[nH]c(N)nc43)O[C@@H]1CO)OC2.[Na+]. The maximum Gasteiger partial charge on any atom is 1.00 e. The Balaban J connectivity index is 0.00000370. The van der Waals surface area contributed by atoms with Gasteiger partial charge in [0.1, 0.15) is 30.8 Å². The van der Waals surface area contributed by atoms with E-state index in [1.165, 1.54) is 17.8 Å². The number of nitrogen functional groups attached to an aromatic ring is 1. The molecule has 2 aliphatic heterocycles. The first-order valence-electron chi connectivity index (χ1n) is 11.6. The number of fused-ring (bicyclic) bond motifs is 2. The van der Waals surface area contributed by atoms with Gasteiger partial charge in [-0.3, -0.25) is 28.0 Å². The van der Waals surface area contributed by atoms with Crippen LogP contribution in [-0.4, -0.2) is 81.8 Å².